The summed E-state index contributed by atoms with van der Waals surface area (Å²) < 4.78 is 10.4. The van der Waals surface area contributed by atoms with Gasteiger partial charge in [-0.05, 0) is 19.9 Å². The summed E-state index contributed by atoms with van der Waals surface area (Å²) in [6.07, 6.45) is 4.60. The van der Waals surface area contributed by atoms with E-state index in [1.165, 1.54) is 6.08 Å². The Hall–Kier alpha value is -2.28. The maximum Gasteiger partial charge on any atom is 0.350 e. The molecule has 3 amide bonds. The predicted octanol–water partition coefficient (Wildman–Crippen LogP) is 1.49. The molecule has 1 atom stereocenters. The predicted molar refractivity (Wildman–Crippen MR) is 85.4 cm³/mol. The van der Waals surface area contributed by atoms with Crippen molar-refractivity contribution in [1.29, 1.82) is 0 Å². The van der Waals surface area contributed by atoms with Crippen molar-refractivity contribution < 1.29 is 23.9 Å². The Kier molecular flexibility index (Phi) is 4.13. The van der Waals surface area contributed by atoms with Gasteiger partial charge >= 0.3 is 12.0 Å². The summed E-state index contributed by atoms with van der Waals surface area (Å²) in [6.45, 7) is 6.90. The SMILES string of the molecule is CC(C)N1C(=O)N=C2C=C(C(=O)OCC3(C)COC3)C=CC2C1=O. The molecule has 0 spiro atoms. The lowest BCUT2D eigenvalue weighted by molar-refractivity contribution is -0.161. The van der Waals surface area contributed by atoms with E-state index < -0.39 is 17.9 Å². The second-order valence-electron chi connectivity index (χ2n) is 6.94. The lowest BCUT2D eigenvalue weighted by Gasteiger charge is -2.37. The zero-order valence-electron chi connectivity index (χ0n) is 13.9. The van der Waals surface area contributed by atoms with Crippen LogP contribution >= 0.6 is 0 Å². The minimum atomic E-state index is -0.626. The van der Waals surface area contributed by atoms with Gasteiger partial charge in [0.25, 0.3) is 0 Å². The molecule has 0 aromatic rings. The third kappa shape index (κ3) is 2.91. The molecule has 2 heterocycles. The number of fused-ring (bicyclic) bond motifs is 1. The van der Waals surface area contributed by atoms with Gasteiger partial charge in [0.05, 0.1) is 30.4 Å². The molecule has 3 rings (SSSR count). The zero-order chi connectivity index (χ0) is 17.5. The Bertz CT molecular complexity index is 685. The standard InChI is InChI=1S/C17H20N2O5/c1-10(2)19-14(20)12-5-4-11(6-13(12)18-16(19)22)15(21)24-9-17(3)7-23-8-17/h4-6,10,12H,7-9H2,1-3H3. The maximum atomic E-state index is 12.4. The molecule has 2 aliphatic heterocycles. The summed E-state index contributed by atoms with van der Waals surface area (Å²) in [7, 11) is 0. The van der Waals surface area contributed by atoms with E-state index in [0.717, 1.165) is 4.90 Å². The number of hydrogen-bond donors (Lipinski definition) is 0. The topological polar surface area (TPSA) is 85.3 Å². The number of carbonyl (C=O) groups excluding carboxylic acids is 3. The van der Waals surface area contributed by atoms with Crippen LogP contribution in [0.2, 0.25) is 0 Å². The minimum absolute atomic E-state index is 0.136. The summed E-state index contributed by atoms with van der Waals surface area (Å²) in [4.78, 5) is 41.7. The van der Waals surface area contributed by atoms with Crippen molar-refractivity contribution in [2.75, 3.05) is 19.8 Å². The molecular weight excluding hydrogens is 312 g/mol. The van der Waals surface area contributed by atoms with Crippen LogP contribution in [-0.2, 0) is 19.1 Å². The van der Waals surface area contributed by atoms with Crippen molar-refractivity contribution in [3.8, 4) is 0 Å². The lowest BCUT2D eigenvalue weighted by Crippen LogP contribution is -2.49. The second-order valence-corrected chi connectivity index (χ2v) is 6.94. The molecule has 1 fully saturated rings. The highest BCUT2D eigenvalue weighted by molar-refractivity contribution is 6.23. The van der Waals surface area contributed by atoms with Crippen molar-refractivity contribution in [2.24, 2.45) is 16.3 Å². The second kappa shape index (κ2) is 5.98. The highest BCUT2D eigenvalue weighted by Gasteiger charge is 2.39. The van der Waals surface area contributed by atoms with Gasteiger partial charge in [-0.25, -0.2) is 9.59 Å². The molecular formula is C17H20N2O5. The van der Waals surface area contributed by atoms with Crippen LogP contribution in [0, 0.1) is 11.3 Å². The molecule has 128 valence electrons. The number of hydrogen-bond acceptors (Lipinski definition) is 5. The van der Waals surface area contributed by atoms with Gasteiger partial charge in [-0.15, -0.1) is 0 Å². The summed E-state index contributed by atoms with van der Waals surface area (Å²) in [5.41, 5.74) is 0.436. The van der Waals surface area contributed by atoms with Crippen LogP contribution in [0.5, 0.6) is 0 Å². The quantitative estimate of drug-likeness (QED) is 0.728. The third-order valence-electron chi connectivity index (χ3n) is 4.23. The monoisotopic (exact) mass is 332 g/mol. The van der Waals surface area contributed by atoms with Crippen LogP contribution in [0.3, 0.4) is 0 Å². The van der Waals surface area contributed by atoms with Gasteiger partial charge in [-0.2, -0.15) is 4.99 Å². The number of urea groups is 1. The van der Waals surface area contributed by atoms with Gasteiger partial charge in [0.15, 0.2) is 0 Å². The van der Waals surface area contributed by atoms with Crippen LogP contribution in [0.1, 0.15) is 20.8 Å². The summed E-state index contributed by atoms with van der Waals surface area (Å²) >= 11 is 0. The first-order chi connectivity index (χ1) is 11.3. The van der Waals surface area contributed by atoms with Crippen LogP contribution < -0.4 is 0 Å². The number of ether oxygens (including phenoxy) is 2. The van der Waals surface area contributed by atoms with Gasteiger partial charge in [0, 0.05) is 11.5 Å². The van der Waals surface area contributed by atoms with Crippen LogP contribution in [0.25, 0.3) is 0 Å². The largest absolute Gasteiger partial charge is 0.461 e. The molecule has 7 heteroatoms. The number of carbonyl (C=O) groups is 3. The normalized spacial score (nSPS) is 25.0. The fourth-order valence-electron chi connectivity index (χ4n) is 2.77. The third-order valence-corrected chi connectivity index (χ3v) is 4.23. The molecule has 0 bridgehead atoms. The van der Waals surface area contributed by atoms with Crippen molar-refractivity contribution in [2.45, 2.75) is 26.8 Å². The van der Waals surface area contributed by atoms with E-state index in [4.69, 9.17) is 9.47 Å². The van der Waals surface area contributed by atoms with Gasteiger partial charge in [-0.1, -0.05) is 19.1 Å². The number of aliphatic imine (C=N–C) groups is 1. The lowest BCUT2D eigenvalue weighted by atomic mass is 9.90. The van der Waals surface area contributed by atoms with Crippen molar-refractivity contribution >= 4 is 23.6 Å². The minimum Gasteiger partial charge on any atom is -0.461 e. The number of allylic oxidation sites excluding steroid dienone is 1. The molecule has 7 nitrogen and oxygen atoms in total. The molecule has 0 aromatic heterocycles. The number of esters is 1. The van der Waals surface area contributed by atoms with E-state index in [9.17, 15) is 14.4 Å². The molecule has 0 N–H and O–H groups in total. The van der Waals surface area contributed by atoms with Crippen LogP contribution in [-0.4, -0.2) is 54.4 Å². The molecule has 0 aromatic carbocycles. The first-order valence-corrected chi connectivity index (χ1v) is 7.91. The Morgan fingerprint density at radius 3 is 2.75 bits per heavy atom. The first kappa shape index (κ1) is 16.6. The summed E-state index contributed by atoms with van der Waals surface area (Å²) in [5.74, 6) is -1.44. The molecule has 24 heavy (non-hydrogen) atoms. The van der Waals surface area contributed by atoms with E-state index in [0.29, 0.717) is 13.2 Å². The summed E-state index contributed by atoms with van der Waals surface area (Å²) in [6, 6.07) is -0.857. The zero-order valence-corrected chi connectivity index (χ0v) is 13.9. The Labute approximate surface area is 140 Å². The number of amides is 3. The van der Waals surface area contributed by atoms with E-state index in [-0.39, 0.29) is 35.3 Å². The van der Waals surface area contributed by atoms with Crippen molar-refractivity contribution in [3.63, 3.8) is 0 Å². The molecule has 3 aliphatic rings. The average molecular weight is 332 g/mol. The number of rotatable bonds is 4. The number of imide groups is 1. The summed E-state index contributed by atoms with van der Waals surface area (Å²) in [5, 5.41) is 0. The fourth-order valence-corrected chi connectivity index (χ4v) is 2.77. The highest BCUT2D eigenvalue weighted by atomic mass is 16.5. The molecule has 1 unspecified atom stereocenters. The highest BCUT2D eigenvalue weighted by Crippen LogP contribution is 2.28. The van der Waals surface area contributed by atoms with Gasteiger partial charge in [0.2, 0.25) is 5.91 Å². The van der Waals surface area contributed by atoms with Gasteiger partial charge in [0.1, 0.15) is 6.61 Å². The Balaban J connectivity index is 1.74. The first-order valence-electron chi connectivity index (χ1n) is 7.91. The maximum absolute atomic E-state index is 12.4. The average Bonchev–Trinajstić information content (AvgIpc) is 2.49. The van der Waals surface area contributed by atoms with E-state index in [2.05, 4.69) is 4.99 Å². The van der Waals surface area contributed by atoms with Crippen molar-refractivity contribution in [1.82, 2.24) is 4.90 Å². The number of nitrogens with zero attached hydrogens (tertiary/aromatic N) is 2. The van der Waals surface area contributed by atoms with Gasteiger partial charge in [-0.3, -0.25) is 9.69 Å². The van der Waals surface area contributed by atoms with E-state index >= 15 is 0 Å². The smallest absolute Gasteiger partial charge is 0.350 e. The van der Waals surface area contributed by atoms with Crippen LogP contribution in [0.15, 0.2) is 28.8 Å². The van der Waals surface area contributed by atoms with Crippen LogP contribution in [0.4, 0.5) is 4.79 Å². The molecule has 1 aliphatic carbocycles. The van der Waals surface area contributed by atoms with Gasteiger partial charge < -0.3 is 9.47 Å². The fraction of sp³-hybridized carbons (Fsp3) is 0.529. The van der Waals surface area contributed by atoms with E-state index in [1.54, 1.807) is 26.0 Å². The van der Waals surface area contributed by atoms with E-state index in [1.807, 2.05) is 6.92 Å². The van der Waals surface area contributed by atoms with Crippen molar-refractivity contribution in [3.05, 3.63) is 23.8 Å². The molecule has 0 saturated carbocycles. The molecule has 1 saturated heterocycles. The Morgan fingerprint density at radius 2 is 2.17 bits per heavy atom. The molecule has 0 radical (unpaired) electrons. The Morgan fingerprint density at radius 1 is 1.46 bits per heavy atom.